The summed E-state index contributed by atoms with van der Waals surface area (Å²) >= 11 is 0. The third-order valence-electron chi connectivity index (χ3n) is 3.45. The molecule has 0 atom stereocenters. The van der Waals surface area contributed by atoms with E-state index in [1.54, 1.807) is 53.6 Å². The van der Waals surface area contributed by atoms with E-state index in [9.17, 15) is 9.59 Å². The summed E-state index contributed by atoms with van der Waals surface area (Å²) in [5.41, 5.74) is 2.02. The Balaban J connectivity index is 1.74. The lowest BCUT2D eigenvalue weighted by molar-refractivity contribution is -0.115. The van der Waals surface area contributed by atoms with E-state index in [4.69, 9.17) is 5.11 Å². The predicted molar refractivity (Wildman–Crippen MR) is 87.1 cm³/mol. The number of aromatic nitrogens is 3. The molecule has 0 aliphatic rings. The summed E-state index contributed by atoms with van der Waals surface area (Å²) in [7, 11) is 0. The minimum atomic E-state index is -1.05. The van der Waals surface area contributed by atoms with E-state index in [1.165, 1.54) is 6.07 Å². The summed E-state index contributed by atoms with van der Waals surface area (Å²) in [5, 5.41) is 19.4. The first kappa shape index (κ1) is 15.4. The number of carboxylic acid groups (broad SMARTS) is 1. The summed E-state index contributed by atoms with van der Waals surface area (Å²) in [5.74, 6) is -1.34. The first-order valence-corrected chi connectivity index (χ1v) is 7.19. The maximum absolute atomic E-state index is 12.2. The SMILES string of the molecule is O=C(Cc1ccccc1C(=O)O)Nc1cccc(-n2cnnc2)c1. The van der Waals surface area contributed by atoms with Gasteiger partial charge >= 0.3 is 5.97 Å². The Morgan fingerprint density at radius 1 is 1.04 bits per heavy atom. The van der Waals surface area contributed by atoms with Crippen LogP contribution in [0.3, 0.4) is 0 Å². The lowest BCUT2D eigenvalue weighted by Crippen LogP contribution is -2.16. The maximum Gasteiger partial charge on any atom is 0.335 e. The molecule has 0 aliphatic carbocycles. The lowest BCUT2D eigenvalue weighted by Gasteiger charge is -2.09. The molecule has 0 aliphatic heterocycles. The number of benzene rings is 2. The number of nitrogens with one attached hydrogen (secondary N) is 1. The van der Waals surface area contributed by atoms with Gasteiger partial charge in [0.1, 0.15) is 12.7 Å². The average molecular weight is 322 g/mol. The van der Waals surface area contributed by atoms with Crippen molar-refractivity contribution in [2.45, 2.75) is 6.42 Å². The Kier molecular flexibility index (Phi) is 4.33. The lowest BCUT2D eigenvalue weighted by atomic mass is 10.0. The number of hydrogen-bond acceptors (Lipinski definition) is 4. The number of aromatic carboxylic acids is 1. The van der Waals surface area contributed by atoms with Crippen LogP contribution in [-0.4, -0.2) is 31.7 Å². The zero-order valence-corrected chi connectivity index (χ0v) is 12.6. The maximum atomic E-state index is 12.2. The van der Waals surface area contributed by atoms with E-state index in [1.807, 2.05) is 6.07 Å². The molecule has 120 valence electrons. The summed E-state index contributed by atoms with van der Waals surface area (Å²) in [6, 6.07) is 13.7. The zero-order valence-electron chi connectivity index (χ0n) is 12.6. The largest absolute Gasteiger partial charge is 0.478 e. The predicted octanol–water partition coefficient (Wildman–Crippen LogP) is 2.15. The number of anilines is 1. The minimum absolute atomic E-state index is 0.0146. The number of carbonyl (C=O) groups is 2. The van der Waals surface area contributed by atoms with Gasteiger partial charge in [0.05, 0.1) is 17.7 Å². The highest BCUT2D eigenvalue weighted by atomic mass is 16.4. The second-order valence-electron chi connectivity index (χ2n) is 5.11. The first-order chi connectivity index (χ1) is 11.6. The number of carboxylic acids is 1. The van der Waals surface area contributed by atoms with Crippen molar-refractivity contribution in [2.75, 3.05) is 5.32 Å². The first-order valence-electron chi connectivity index (χ1n) is 7.19. The van der Waals surface area contributed by atoms with Crippen molar-refractivity contribution in [3.8, 4) is 5.69 Å². The van der Waals surface area contributed by atoms with Crippen molar-refractivity contribution in [1.29, 1.82) is 0 Å². The topological polar surface area (TPSA) is 97.1 Å². The van der Waals surface area contributed by atoms with Crippen LogP contribution < -0.4 is 5.32 Å². The van der Waals surface area contributed by atoms with E-state index in [2.05, 4.69) is 15.5 Å². The molecule has 7 heteroatoms. The summed E-state index contributed by atoms with van der Waals surface area (Å²) < 4.78 is 1.72. The van der Waals surface area contributed by atoms with Gasteiger partial charge in [-0.05, 0) is 29.8 Å². The van der Waals surface area contributed by atoms with Crippen LogP contribution in [0.15, 0.2) is 61.2 Å². The average Bonchev–Trinajstić information content (AvgIpc) is 3.10. The van der Waals surface area contributed by atoms with Crippen LogP contribution in [0.25, 0.3) is 5.69 Å². The molecule has 3 aromatic rings. The Morgan fingerprint density at radius 2 is 1.79 bits per heavy atom. The highest BCUT2D eigenvalue weighted by molar-refractivity contribution is 5.96. The molecule has 0 saturated carbocycles. The molecule has 0 bridgehead atoms. The molecule has 0 spiro atoms. The molecule has 1 heterocycles. The van der Waals surface area contributed by atoms with Crippen LogP contribution in [-0.2, 0) is 11.2 Å². The smallest absolute Gasteiger partial charge is 0.335 e. The molecule has 3 rings (SSSR count). The Bertz CT molecular complexity index is 875. The summed E-state index contributed by atoms with van der Waals surface area (Å²) in [6.07, 6.45) is 3.10. The summed E-state index contributed by atoms with van der Waals surface area (Å²) in [6.45, 7) is 0. The van der Waals surface area contributed by atoms with E-state index < -0.39 is 5.97 Å². The fourth-order valence-corrected chi connectivity index (χ4v) is 2.34. The molecule has 7 nitrogen and oxygen atoms in total. The van der Waals surface area contributed by atoms with Gasteiger partial charge in [0.25, 0.3) is 0 Å². The van der Waals surface area contributed by atoms with Crippen molar-refractivity contribution in [3.05, 3.63) is 72.3 Å². The minimum Gasteiger partial charge on any atom is -0.478 e. The second-order valence-corrected chi connectivity index (χ2v) is 5.11. The number of amides is 1. The monoisotopic (exact) mass is 322 g/mol. The van der Waals surface area contributed by atoms with E-state index in [0.29, 0.717) is 11.3 Å². The van der Waals surface area contributed by atoms with Crippen molar-refractivity contribution >= 4 is 17.6 Å². The Hall–Kier alpha value is -3.48. The summed E-state index contributed by atoms with van der Waals surface area (Å²) in [4.78, 5) is 23.4. The zero-order chi connectivity index (χ0) is 16.9. The van der Waals surface area contributed by atoms with Crippen molar-refractivity contribution in [2.24, 2.45) is 0 Å². The van der Waals surface area contributed by atoms with Crippen molar-refractivity contribution in [1.82, 2.24) is 14.8 Å². The van der Waals surface area contributed by atoms with Gasteiger partial charge in [-0.3, -0.25) is 9.36 Å². The number of hydrogen-bond donors (Lipinski definition) is 2. The molecule has 2 aromatic carbocycles. The Morgan fingerprint density at radius 3 is 2.54 bits per heavy atom. The normalized spacial score (nSPS) is 10.3. The van der Waals surface area contributed by atoms with Gasteiger partial charge in [0, 0.05) is 5.69 Å². The van der Waals surface area contributed by atoms with Gasteiger partial charge in [-0.25, -0.2) is 4.79 Å². The number of carbonyl (C=O) groups excluding carboxylic acids is 1. The highest BCUT2D eigenvalue weighted by Crippen LogP contribution is 2.15. The van der Waals surface area contributed by atoms with E-state index in [-0.39, 0.29) is 17.9 Å². The second kappa shape index (κ2) is 6.74. The van der Waals surface area contributed by atoms with Crippen LogP contribution in [0.5, 0.6) is 0 Å². The standard InChI is InChI=1S/C17H14N4O3/c22-16(8-12-4-1-2-7-15(12)17(23)24)20-13-5-3-6-14(9-13)21-10-18-19-11-21/h1-7,9-11H,8H2,(H,20,22)(H,23,24). The van der Waals surface area contributed by atoms with Gasteiger partial charge < -0.3 is 10.4 Å². The fraction of sp³-hybridized carbons (Fsp3) is 0.0588. The Labute approximate surface area is 137 Å². The molecule has 0 radical (unpaired) electrons. The van der Waals surface area contributed by atoms with Crippen LogP contribution in [0.2, 0.25) is 0 Å². The van der Waals surface area contributed by atoms with Gasteiger partial charge in [-0.2, -0.15) is 0 Å². The number of nitrogens with zero attached hydrogens (tertiary/aromatic N) is 3. The highest BCUT2D eigenvalue weighted by Gasteiger charge is 2.12. The molecular formula is C17H14N4O3. The fourth-order valence-electron chi connectivity index (χ4n) is 2.34. The van der Waals surface area contributed by atoms with Crippen molar-refractivity contribution < 1.29 is 14.7 Å². The van der Waals surface area contributed by atoms with Crippen LogP contribution in [0, 0.1) is 0 Å². The van der Waals surface area contributed by atoms with Gasteiger partial charge in [-0.1, -0.05) is 24.3 Å². The van der Waals surface area contributed by atoms with Crippen LogP contribution in [0.4, 0.5) is 5.69 Å². The third-order valence-corrected chi connectivity index (χ3v) is 3.45. The molecule has 1 aromatic heterocycles. The quantitative estimate of drug-likeness (QED) is 0.750. The molecule has 24 heavy (non-hydrogen) atoms. The molecule has 0 unspecified atom stereocenters. The molecular weight excluding hydrogens is 308 g/mol. The molecule has 2 N–H and O–H groups in total. The van der Waals surface area contributed by atoms with Gasteiger partial charge in [0.2, 0.25) is 5.91 Å². The van der Waals surface area contributed by atoms with E-state index >= 15 is 0 Å². The molecule has 1 amide bonds. The number of rotatable bonds is 5. The van der Waals surface area contributed by atoms with Crippen LogP contribution in [0.1, 0.15) is 15.9 Å². The van der Waals surface area contributed by atoms with E-state index in [0.717, 1.165) is 5.69 Å². The van der Waals surface area contributed by atoms with Gasteiger partial charge in [-0.15, -0.1) is 10.2 Å². The molecule has 0 fully saturated rings. The molecule has 0 saturated heterocycles. The van der Waals surface area contributed by atoms with Gasteiger partial charge in [0.15, 0.2) is 0 Å². The van der Waals surface area contributed by atoms with Crippen molar-refractivity contribution in [3.63, 3.8) is 0 Å². The third kappa shape index (κ3) is 3.46. The van der Waals surface area contributed by atoms with Crippen LogP contribution >= 0.6 is 0 Å².